The van der Waals surface area contributed by atoms with Crippen molar-refractivity contribution in [3.63, 3.8) is 0 Å². The van der Waals surface area contributed by atoms with Crippen LogP contribution in [0.3, 0.4) is 0 Å². The molecule has 92 valence electrons. The molecule has 0 rings (SSSR count). The van der Waals surface area contributed by atoms with Gasteiger partial charge in [0.25, 0.3) is 0 Å². The van der Waals surface area contributed by atoms with Crippen LogP contribution in [0.2, 0.25) is 0 Å². The first-order valence-electron chi connectivity index (χ1n) is 6.55. The van der Waals surface area contributed by atoms with Gasteiger partial charge < -0.3 is 5.73 Å². The average molecular weight is 231 g/mol. The van der Waals surface area contributed by atoms with Crippen LogP contribution >= 0.6 is 11.8 Å². The lowest BCUT2D eigenvalue weighted by Gasteiger charge is -2.09. The van der Waals surface area contributed by atoms with Crippen LogP contribution in [0.15, 0.2) is 0 Å². The van der Waals surface area contributed by atoms with Crippen LogP contribution in [0.25, 0.3) is 0 Å². The van der Waals surface area contributed by atoms with E-state index in [1.807, 2.05) is 11.8 Å². The molecule has 0 bridgehead atoms. The molecule has 1 nitrogen and oxygen atoms in total. The van der Waals surface area contributed by atoms with Crippen LogP contribution < -0.4 is 5.73 Å². The van der Waals surface area contributed by atoms with Gasteiger partial charge in [-0.3, -0.25) is 0 Å². The largest absolute Gasteiger partial charge is 0.328 e. The minimum Gasteiger partial charge on any atom is -0.328 e. The number of hydrogen-bond acceptors (Lipinski definition) is 2. The Balaban J connectivity index is 3.02. The van der Waals surface area contributed by atoms with Crippen molar-refractivity contribution in [2.24, 2.45) is 5.73 Å². The molecular formula is C13H29NS. The van der Waals surface area contributed by atoms with Crippen molar-refractivity contribution in [3.05, 3.63) is 0 Å². The summed E-state index contributed by atoms with van der Waals surface area (Å²) < 4.78 is 0. The van der Waals surface area contributed by atoms with Crippen molar-refractivity contribution in [2.75, 3.05) is 12.0 Å². The van der Waals surface area contributed by atoms with E-state index in [0.29, 0.717) is 6.04 Å². The van der Waals surface area contributed by atoms with Gasteiger partial charge in [-0.15, -0.1) is 0 Å². The molecule has 15 heavy (non-hydrogen) atoms. The molecule has 0 radical (unpaired) electrons. The first-order valence-corrected chi connectivity index (χ1v) is 7.95. The van der Waals surface area contributed by atoms with Crippen molar-refractivity contribution < 1.29 is 0 Å². The van der Waals surface area contributed by atoms with E-state index in [0.717, 1.165) is 0 Å². The van der Waals surface area contributed by atoms with Crippen LogP contribution in [0.1, 0.15) is 64.7 Å². The molecule has 0 amide bonds. The van der Waals surface area contributed by atoms with E-state index in [4.69, 9.17) is 5.73 Å². The zero-order valence-corrected chi connectivity index (χ0v) is 11.5. The highest BCUT2D eigenvalue weighted by Gasteiger charge is 2.01. The maximum Gasteiger partial charge on any atom is 0.00466 e. The molecule has 2 N–H and O–H groups in total. The first-order chi connectivity index (χ1) is 7.31. The number of unbranched alkanes of at least 4 members (excludes halogenated alkanes) is 6. The zero-order valence-electron chi connectivity index (χ0n) is 10.6. The van der Waals surface area contributed by atoms with Crippen molar-refractivity contribution in [2.45, 2.75) is 70.8 Å². The summed E-state index contributed by atoms with van der Waals surface area (Å²) in [5.41, 5.74) is 6.01. The Bertz CT molecular complexity index is 117. The highest BCUT2D eigenvalue weighted by molar-refractivity contribution is 7.98. The first kappa shape index (κ1) is 15.3. The summed E-state index contributed by atoms with van der Waals surface area (Å²) in [4.78, 5) is 0. The Morgan fingerprint density at radius 1 is 0.933 bits per heavy atom. The van der Waals surface area contributed by atoms with E-state index in [-0.39, 0.29) is 0 Å². The summed E-state index contributed by atoms with van der Waals surface area (Å²) in [6.45, 7) is 2.27. The third-order valence-electron chi connectivity index (χ3n) is 2.87. The number of rotatable bonds is 11. The van der Waals surface area contributed by atoms with Gasteiger partial charge in [0, 0.05) is 6.04 Å². The Kier molecular flexibility index (Phi) is 12.6. The molecule has 0 spiro atoms. The summed E-state index contributed by atoms with van der Waals surface area (Å²) in [7, 11) is 0. The van der Waals surface area contributed by atoms with E-state index in [1.165, 1.54) is 63.5 Å². The molecule has 1 atom stereocenters. The molecule has 0 aliphatic rings. The Labute approximate surface area is 101 Å². The predicted molar refractivity (Wildman–Crippen MR) is 73.6 cm³/mol. The predicted octanol–water partition coefficient (Wildman–Crippen LogP) is 4.21. The highest BCUT2D eigenvalue weighted by atomic mass is 32.2. The van der Waals surface area contributed by atoms with E-state index in [2.05, 4.69) is 13.2 Å². The normalized spacial score (nSPS) is 13.0. The van der Waals surface area contributed by atoms with Gasteiger partial charge in [0.1, 0.15) is 0 Å². The van der Waals surface area contributed by atoms with E-state index >= 15 is 0 Å². The van der Waals surface area contributed by atoms with Crippen molar-refractivity contribution in [1.82, 2.24) is 0 Å². The Morgan fingerprint density at radius 2 is 1.53 bits per heavy atom. The van der Waals surface area contributed by atoms with Crippen LogP contribution in [-0.2, 0) is 0 Å². The molecule has 2 heteroatoms. The van der Waals surface area contributed by atoms with Crippen molar-refractivity contribution in [1.29, 1.82) is 0 Å². The molecule has 0 saturated carbocycles. The fourth-order valence-electron chi connectivity index (χ4n) is 1.78. The molecule has 0 aliphatic carbocycles. The summed E-state index contributed by atoms with van der Waals surface area (Å²) >= 11 is 1.90. The smallest absolute Gasteiger partial charge is 0.00466 e. The quantitative estimate of drug-likeness (QED) is 0.539. The fraction of sp³-hybridized carbons (Fsp3) is 1.00. The van der Waals surface area contributed by atoms with Gasteiger partial charge in [-0.2, -0.15) is 11.8 Å². The SMILES string of the molecule is CCCCCCCCCC(N)CCSC. The highest BCUT2D eigenvalue weighted by Crippen LogP contribution is 2.11. The lowest BCUT2D eigenvalue weighted by Crippen LogP contribution is -2.20. The summed E-state index contributed by atoms with van der Waals surface area (Å²) in [6, 6.07) is 0.452. The minimum atomic E-state index is 0.452. The van der Waals surface area contributed by atoms with Gasteiger partial charge in [0.2, 0.25) is 0 Å². The molecule has 1 unspecified atom stereocenters. The molecule has 0 aromatic rings. The molecule has 0 heterocycles. The molecule has 0 aromatic heterocycles. The van der Waals surface area contributed by atoms with Crippen LogP contribution in [0, 0.1) is 0 Å². The number of thioether (sulfide) groups is 1. The van der Waals surface area contributed by atoms with Crippen molar-refractivity contribution >= 4 is 11.8 Å². The lowest BCUT2D eigenvalue weighted by atomic mass is 10.0. The van der Waals surface area contributed by atoms with Gasteiger partial charge in [0.15, 0.2) is 0 Å². The molecule has 0 aromatic carbocycles. The number of nitrogens with two attached hydrogens (primary N) is 1. The topological polar surface area (TPSA) is 26.0 Å². The summed E-state index contributed by atoms with van der Waals surface area (Å²) in [6.07, 6.45) is 14.3. The van der Waals surface area contributed by atoms with Crippen LogP contribution in [0.4, 0.5) is 0 Å². The van der Waals surface area contributed by atoms with Gasteiger partial charge in [-0.1, -0.05) is 51.9 Å². The monoisotopic (exact) mass is 231 g/mol. The van der Waals surface area contributed by atoms with E-state index in [9.17, 15) is 0 Å². The van der Waals surface area contributed by atoms with Crippen LogP contribution in [0.5, 0.6) is 0 Å². The summed E-state index contributed by atoms with van der Waals surface area (Å²) in [5.74, 6) is 1.22. The van der Waals surface area contributed by atoms with Crippen LogP contribution in [-0.4, -0.2) is 18.1 Å². The van der Waals surface area contributed by atoms with Gasteiger partial charge in [-0.25, -0.2) is 0 Å². The maximum atomic E-state index is 6.01. The average Bonchev–Trinajstić information content (AvgIpc) is 2.25. The maximum absolute atomic E-state index is 6.01. The standard InChI is InChI=1S/C13H29NS/c1-3-4-5-6-7-8-9-10-13(14)11-12-15-2/h13H,3-12,14H2,1-2H3. The molecular weight excluding hydrogens is 202 g/mol. The van der Waals surface area contributed by atoms with Gasteiger partial charge in [0.05, 0.1) is 0 Å². The second-order valence-electron chi connectivity index (χ2n) is 4.45. The third kappa shape index (κ3) is 12.2. The third-order valence-corrected chi connectivity index (χ3v) is 3.52. The molecule has 0 fully saturated rings. The summed E-state index contributed by atoms with van der Waals surface area (Å²) in [5, 5.41) is 0. The fourth-order valence-corrected chi connectivity index (χ4v) is 2.32. The Morgan fingerprint density at radius 3 is 2.13 bits per heavy atom. The Hall–Kier alpha value is 0.310. The van der Waals surface area contributed by atoms with Gasteiger partial charge >= 0.3 is 0 Å². The molecule has 0 aliphatic heterocycles. The minimum absolute atomic E-state index is 0.452. The van der Waals surface area contributed by atoms with E-state index < -0.39 is 0 Å². The van der Waals surface area contributed by atoms with Gasteiger partial charge in [-0.05, 0) is 24.9 Å². The van der Waals surface area contributed by atoms with Crippen molar-refractivity contribution in [3.8, 4) is 0 Å². The second kappa shape index (κ2) is 12.4. The zero-order chi connectivity index (χ0) is 11.4. The second-order valence-corrected chi connectivity index (χ2v) is 5.44. The number of hydrogen-bond donors (Lipinski definition) is 1. The van der Waals surface area contributed by atoms with E-state index in [1.54, 1.807) is 0 Å². The molecule has 0 saturated heterocycles. The lowest BCUT2D eigenvalue weighted by molar-refractivity contribution is 0.524.